The van der Waals surface area contributed by atoms with Crippen LogP contribution in [0.3, 0.4) is 0 Å². The minimum Gasteiger partial charge on any atom is -0.480 e. The number of hydrogen-bond acceptors (Lipinski definition) is 11. The molecular weight excluding hydrogens is 750 g/mol. The third-order valence-electron chi connectivity index (χ3n) is 6.17. The first-order chi connectivity index (χ1) is 22.9. The number of rotatable bonds is 11. The van der Waals surface area contributed by atoms with Crippen LogP contribution in [-0.4, -0.2) is 184 Å². The maximum Gasteiger partial charge on any atom is 1.00 e. The molecule has 2 aliphatic rings. The molecule has 0 radical (unpaired) electrons. The fourth-order valence-electron chi connectivity index (χ4n) is 4.00. The maximum absolute atomic E-state index is 12.6. The summed E-state index contributed by atoms with van der Waals surface area (Å²) in [6.07, 6.45) is -2.76. The molecule has 2 aliphatic heterocycles. The van der Waals surface area contributed by atoms with Crippen molar-refractivity contribution in [3.05, 3.63) is 12.2 Å². The van der Waals surface area contributed by atoms with E-state index in [-0.39, 0.29) is 72.8 Å². The van der Waals surface area contributed by atoms with E-state index in [0.29, 0.717) is 26.2 Å². The van der Waals surface area contributed by atoms with Crippen LogP contribution in [-0.2, 0) is 33.6 Å². The zero-order valence-electron chi connectivity index (χ0n) is 27.3. The molecule has 0 aliphatic carbocycles. The predicted octanol–water partition coefficient (Wildman–Crippen LogP) is 0.631. The van der Waals surface area contributed by atoms with Gasteiger partial charge >= 0.3 is 64.5 Å². The van der Waals surface area contributed by atoms with Gasteiger partial charge in [0, 0.05) is 77.6 Å². The summed E-state index contributed by atoms with van der Waals surface area (Å²) in [4.78, 5) is 86.4. The maximum atomic E-state index is 12.6. The second-order valence-electron chi connectivity index (χ2n) is 10.6. The second kappa shape index (κ2) is 18.9. The van der Waals surface area contributed by atoms with Gasteiger partial charge in [-0.05, 0) is 0 Å². The topological polar surface area (TPSA) is 229 Å². The SMILES string of the molecule is F[P-](F)(F)(F)(F)F.O=C(O)C(F)(F)F.O=C(O)CN1CCN(CC(=O)O)CCN(CC(=O)NCCN2C(=O)C=CC2=O)CCN(CC(=O)O)CC1.[H+]. The number of aliphatic carboxylic acids is 4. The van der Waals surface area contributed by atoms with Gasteiger partial charge in [0.2, 0.25) is 5.91 Å². The van der Waals surface area contributed by atoms with Gasteiger partial charge < -0.3 is 25.7 Å². The molecule has 0 saturated carbocycles. The molecule has 0 aromatic rings. The van der Waals surface area contributed by atoms with Gasteiger partial charge in [-0.1, -0.05) is 0 Å². The molecule has 0 aromatic heterocycles. The zero-order valence-corrected chi connectivity index (χ0v) is 27.2. The van der Waals surface area contributed by atoms with E-state index >= 15 is 0 Å². The molecule has 17 nitrogen and oxygen atoms in total. The van der Waals surface area contributed by atoms with Gasteiger partial charge in [0.15, 0.2) is 0 Å². The Morgan fingerprint density at radius 1 is 0.627 bits per heavy atom. The van der Waals surface area contributed by atoms with Crippen molar-refractivity contribution in [1.82, 2.24) is 29.8 Å². The summed E-state index contributed by atoms with van der Waals surface area (Å²) in [6.45, 7) is 1.64. The molecule has 27 heteroatoms. The molecule has 0 bridgehead atoms. The van der Waals surface area contributed by atoms with Gasteiger partial charge in [0.05, 0.1) is 26.2 Å². The Morgan fingerprint density at radius 2 is 0.882 bits per heavy atom. The fraction of sp³-hybridized carbons (Fsp3) is 0.625. The Balaban J connectivity index is 0. The Labute approximate surface area is 283 Å². The van der Waals surface area contributed by atoms with E-state index < -0.39 is 49.7 Å². The number of carbonyl (C=O) groups is 7. The molecule has 1 saturated heterocycles. The zero-order chi connectivity index (χ0) is 39.9. The summed E-state index contributed by atoms with van der Waals surface area (Å²) in [7, 11) is -10.7. The second-order valence-corrected chi connectivity index (χ2v) is 12.5. The van der Waals surface area contributed by atoms with Gasteiger partial charge in [-0.25, -0.2) is 4.79 Å². The van der Waals surface area contributed by atoms with Gasteiger partial charge in [0.25, 0.3) is 11.8 Å². The Hall–Kier alpha value is -4.13. The van der Waals surface area contributed by atoms with Crippen LogP contribution in [0.15, 0.2) is 12.2 Å². The van der Waals surface area contributed by atoms with E-state index in [4.69, 9.17) is 9.90 Å². The van der Waals surface area contributed by atoms with E-state index in [2.05, 4.69) is 5.32 Å². The van der Waals surface area contributed by atoms with Crippen molar-refractivity contribution in [1.29, 1.82) is 0 Å². The number of hydrogen-bond donors (Lipinski definition) is 5. The number of imide groups is 1. The number of carbonyl (C=O) groups excluding carboxylic acids is 3. The van der Waals surface area contributed by atoms with Crippen molar-refractivity contribution in [2.75, 3.05) is 91.6 Å². The first kappa shape index (κ1) is 46.9. The molecule has 0 unspecified atom stereocenters. The van der Waals surface area contributed by atoms with Gasteiger partial charge in [-0.3, -0.25) is 53.3 Å². The van der Waals surface area contributed by atoms with Crippen molar-refractivity contribution in [2.45, 2.75) is 6.18 Å². The van der Waals surface area contributed by atoms with Crippen molar-refractivity contribution in [3.63, 3.8) is 0 Å². The summed E-state index contributed by atoms with van der Waals surface area (Å²) < 4.78 is 90.9. The molecular formula is C24H36F9N6O11P. The van der Waals surface area contributed by atoms with Crippen molar-refractivity contribution < 1.29 is 93.8 Å². The first-order valence-electron chi connectivity index (χ1n) is 14.1. The summed E-state index contributed by atoms with van der Waals surface area (Å²) in [6, 6.07) is 0. The van der Waals surface area contributed by atoms with E-state index in [1.807, 2.05) is 0 Å². The van der Waals surface area contributed by atoms with E-state index in [1.54, 1.807) is 19.6 Å². The molecule has 2 rings (SSSR count). The minimum atomic E-state index is -10.7. The van der Waals surface area contributed by atoms with E-state index in [9.17, 15) is 82.4 Å². The van der Waals surface area contributed by atoms with Crippen LogP contribution in [0.25, 0.3) is 0 Å². The van der Waals surface area contributed by atoms with E-state index in [0.717, 1.165) is 17.1 Å². The number of amides is 3. The molecule has 0 atom stereocenters. The molecule has 0 aromatic carbocycles. The summed E-state index contributed by atoms with van der Waals surface area (Å²) in [5, 5.41) is 37.5. The van der Waals surface area contributed by atoms with Crippen molar-refractivity contribution in [2.24, 2.45) is 0 Å². The fourth-order valence-corrected chi connectivity index (χ4v) is 4.00. The number of nitrogens with zero attached hydrogens (tertiary/aromatic N) is 5. The first-order valence-corrected chi connectivity index (χ1v) is 16.2. The molecule has 3 amide bonds. The summed E-state index contributed by atoms with van der Waals surface area (Å²) >= 11 is 0. The van der Waals surface area contributed by atoms with Crippen LogP contribution < -0.4 is 5.32 Å². The molecule has 51 heavy (non-hydrogen) atoms. The van der Waals surface area contributed by atoms with E-state index in [1.165, 1.54) is 0 Å². The summed E-state index contributed by atoms with van der Waals surface area (Å²) in [5.41, 5.74) is 0. The molecule has 296 valence electrons. The average Bonchev–Trinajstić information content (AvgIpc) is 3.24. The number of halogens is 9. The minimum absolute atomic E-state index is 0. The van der Waals surface area contributed by atoms with Crippen LogP contribution in [0.5, 0.6) is 0 Å². The molecule has 1 fully saturated rings. The predicted molar refractivity (Wildman–Crippen MR) is 156 cm³/mol. The number of nitrogens with one attached hydrogen (secondary N) is 1. The van der Waals surface area contributed by atoms with Crippen molar-refractivity contribution >= 4 is 49.4 Å². The third-order valence-corrected chi connectivity index (χ3v) is 6.17. The van der Waals surface area contributed by atoms with Crippen LogP contribution in [0.4, 0.5) is 38.4 Å². The molecule has 0 spiro atoms. The Morgan fingerprint density at radius 3 is 1.12 bits per heavy atom. The molecule has 2 heterocycles. The monoisotopic (exact) mass is 786 g/mol. The Bertz CT molecular complexity index is 1250. The normalized spacial score (nSPS) is 18.8. The largest absolute Gasteiger partial charge is 1.00 e. The van der Waals surface area contributed by atoms with Crippen LogP contribution in [0, 0.1) is 0 Å². The van der Waals surface area contributed by atoms with Gasteiger partial charge in [-0.2, -0.15) is 13.2 Å². The quantitative estimate of drug-likeness (QED) is 0.110. The Kier molecular flexibility index (Phi) is 17.4. The number of carboxylic acids is 4. The van der Waals surface area contributed by atoms with Crippen LogP contribution in [0.1, 0.15) is 1.43 Å². The smallest absolute Gasteiger partial charge is 0.480 e. The third kappa shape index (κ3) is 27.3. The van der Waals surface area contributed by atoms with Crippen LogP contribution >= 0.6 is 7.81 Å². The van der Waals surface area contributed by atoms with Crippen molar-refractivity contribution in [3.8, 4) is 0 Å². The van der Waals surface area contributed by atoms with Gasteiger partial charge in [0.1, 0.15) is 0 Å². The van der Waals surface area contributed by atoms with Crippen LogP contribution in [0.2, 0.25) is 0 Å². The van der Waals surface area contributed by atoms with Gasteiger partial charge in [-0.15, -0.1) is 0 Å². The standard InChI is InChI=1S/C22H34N6O9.C2HF3O2.F6P/c29-17(23-3-4-28-18(30)1-2-19(28)31)13-24-5-7-25(14-20(32)33)9-11-27(16-22(36)37)12-10-26(8-6-24)15-21(34)35;3-2(4,5)1(6)7;1-7(2,3,4,5)6/h1-2H,3-16H2,(H,23,29)(H,32,33)(H,34,35)(H,36,37);(H,6,7);/q;;-1/p+1. The number of carboxylic acid groups (broad SMARTS) is 4. The molecule has 5 N–H and O–H groups in total. The number of alkyl halides is 3. The average molecular weight is 787 g/mol. The summed E-state index contributed by atoms with van der Waals surface area (Å²) in [5.74, 6) is -7.10.